The van der Waals surface area contributed by atoms with Crippen molar-refractivity contribution in [2.24, 2.45) is 5.92 Å². The molecule has 1 aromatic carbocycles. The highest BCUT2D eigenvalue weighted by molar-refractivity contribution is 6.36. The van der Waals surface area contributed by atoms with E-state index in [4.69, 9.17) is 34.8 Å². The number of amides is 1. The summed E-state index contributed by atoms with van der Waals surface area (Å²) in [5.74, 6) is 0.945. The highest BCUT2D eigenvalue weighted by Crippen LogP contribution is 2.33. The monoisotopic (exact) mass is 333 g/mol. The lowest BCUT2D eigenvalue weighted by molar-refractivity contribution is 0.0872. The Morgan fingerprint density at radius 3 is 2.55 bits per heavy atom. The molecule has 2 nitrogen and oxygen atoms in total. The van der Waals surface area contributed by atoms with Gasteiger partial charge in [-0.15, -0.1) is 11.6 Å². The van der Waals surface area contributed by atoms with Crippen LogP contribution in [0.2, 0.25) is 10.0 Å². The SMILES string of the molecule is CC1CCC(CCl)(NC(=O)c2ccc(Cl)cc2Cl)CC1. The molecule has 2 rings (SSSR count). The van der Waals surface area contributed by atoms with Gasteiger partial charge in [0.05, 0.1) is 16.1 Å². The van der Waals surface area contributed by atoms with Crippen molar-refractivity contribution in [1.29, 1.82) is 0 Å². The van der Waals surface area contributed by atoms with E-state index in [-0.39, 0.29) is 11.4 Å². The summed E-state index contributed by atoms with van der Waals surface area (Å²) in [6.45, 7) is 2.23. The molecule has 0 aliphatic heterocycles. The van der Waals surface area contributed by atoms with Crippen molar-refractivity contribution in [2.45, 2.75) is 38.1 Å². The van der Waals surface area contributed by atoms with Gasteiger partial charge in [-0.05, 0) is 49.8 Å². The van der Waals surface area contributed by atoms with Gasteiger partial charge >= 0.3 is 0 Å². The number of rotatable bonds is 3. The van der Waals surface area contributed by atoms with Crippen molar-refractivity contribution in [3.05, 3.63) is 33.8 Å². The predicted molar refractivity (Wildman–Crippen MR) is 85.0 cm³/mol. The molecule has 1 aliphatic carbocycles. The summed E-state index contributed by atoms with van der Waals surface area (Å²) in [7, 11) is 0. The van der Waals surface area contributed by atoms with E-state index >= 15 is 0 Å². The number of benzene rings is 1. The van der Waals surface area contributed by atoms with Crippen molar-refractivity contribution in [2.75, 3.05) is 5.88 Å². The lowest BCUT2D eigenvalue weighted by Crippen LogP contribution is -2.52. The molecule has 20 heavy (non-hydrogen) atoms. The number of hydrogen-bond donors (Lipinski definition) is 1. The van der Waals surface area contributed by atoms with Gasteiger partial charge in [0.25, 0.3) is 5.91 Å². The molecule has 110 valence electrons. The van der Waals surface area contributed by atoms with Crippen LogP contribution in [0.1, 0.15) is 43.0 Å². The second kappa shape index (κ2) is 6.55. The summed E-state index contributed by atoms with van der Waals surface area (Å²) in [6, 6.07) is 4.89. The molecule has 1 amide bonds. The summed E-state index contributed by atoms with van der Waals surface area (Å²) < 4.78 is 0. The first-order chi connectivity index (χ1) is 9.46. The molecule has 0 atom stereocenters. The molecule has 0 saturated heterocycles. The third-order valence-electron chi connectivity index (χ3n) is 4.04. The van der Waals surface area contributed by atoms with Gasteiger partial charge in [0.15, 0.2) is 0 Å². The fourth-order valence-electron chi connectivity index (χ4n) is 2.59. The molecule has 1 aliphatic rings. The standard InChI is InChI=1S/C15H18Cl3NO/c1-10-4-6-15(9-16,7-5-10)19-14(20)12-3-2-11(17)8-13(12)18/h2-3,8,10H,4-7,9H2,1H3,(H,19,20). The van der Waals surface area contributed by atoms with Gasteiger partial charge in [0, 0.05) is 10.9 Å². The van der Waals surface area contributed by atoms with E-state index in [2.05, 4.69) is 12.2 Å². The molecule has 0 radical (unpaired) electrons. The van der Waals surface area contributed by atoms with Crippen LogP contribution in [0.25, 0.3) is 0 Å². The van der Waals surface area contributed by atoms with Crippen molar-refractivity contribution < 1.29 is 4.79 Å². The maximum Gasteiger partial charge on any atom is 0.253 e. The number of carbonyl (C=O) groups is 1. The molecule has 0 spiro atoms. The van der Waals surface area contributed by atoms with E-state index in [0.717, 1.165) is 25.7 Å². The molecule has 0 aromatic heterocycles. The Morgan fingerprint density at radius 2 is 2.00 bits per heavy atom. The Morgan fingerprint density at radius 1 is 1.35 bits per heavy atom. The number of carbonyl (C=O) groups excluding carboxylic acids is 1. The average molecular weight is 335 g/mol. The number of hydrogen-bond acceptors (Lipinski definition) is 1. The van der Waals surface area contributed by atoms with Gasteiger partial charge in [-0.1, -0.05) is 30.1 Å². The van der Waals surface area contributed by atoms with Crippen molar-refractivity contribution >= 4 is 40.7 Å². The van der Waals surface area contributed by atoms with Crippen LogP contribution in [0.5, 0.6) is 0 Å². The van der Waals surface area contributed by atoms with E-state index in [9.17, 15) is 4.79 Å². The first kappa shape index (κ1) is 15.9. The van der Waals surface area contributed by atoms with Crippen LogP contribution in [-0.2, 0) is 0 Å². The van der Waals surface area contributed by atoms with Crippen LogP contribution in [-0.4, -0.2) is 17.3 Å². The molecule has 0 heterocycles. The van der Waals surface area contributed by atoms with E-state index in [1.165, 1.54) is 0 Å². The van der Waals surface area contributed by atoms with Crippen LogP contribution in [0.4, 0.5) is 0 Å². The molecular weight excluding hydrogens is 317 g/mol. The zero-order valence-corrected chi connectivity index (χ0v) is 13.7. The molecule has 5 heteroatoms. The van der Waals surface area contributed by atoms with Gasteiger partial charge in [0.2, 0.25) is 0 Å². The minimum absolute atomic E-state index is 0.179. The quantitative estimate of drug-likeness (QED) is 0.782. The zero-order chi connectivity index (χ0) is 14.8. The zero-order valence-electron chi connectivity index (χ0n) is 11.4. The fraction of sp³-hybridized carbons (Fsp3) is 0.533. The van der Waals surface area contributed by atoms with Gasteiger partial charge in [-0.25, -0.2) is 0 Å². The van der Waals surface area contributed by atoms with Crippen LogP contribution in [0.15, 0.2) is 18.2 Å². The normalized spacial score (nSPS) is 26.3. The molecule has 0 bridgehead atoms. The van der Waals surface area contributed by atoms with Crippen LogP contribution in [0, 0.1) is 5.92 Å². The average Bonchev–Trinajstić information content (AvgIpc) is 2.41. The Hall–Kier alpha value is -0.440. The molecule has 0 unspecified atom stereocenters. The largest absolute Gasteiger partial charge is 0.345 e. The Bertz CT molecular complexity index is 496. The van der Waals surface area contributed by atoms with E-state index in [1.54, 1.807) is 18.2 Å². The predicted octanol–water partition coefficient (Wildman–Crippen LogP) is 4.91. The molecule has 1 fully saturated rings. The number of halogens is 3. The smallest absolute Gasteiger partial charge is 0.253 e. The Kier molecular flexibility index (Phi) is 5.22. The minimum atomic E-state index is -0.311. The first-order valence-electron chi connectivity index (χ1n) is 6.79. The lowest BCUT2D eigenvalue weighted by Gasteiger charge is -2.38. The summed E-state index contributed by atoms with van der Waals surface area (Å²) in [5.41, 5.74) is 0.132. The highest BCUT2D eigenvalue weighted by atomic mass is 35.5. The van der Waals surface area contributed by atoms with Gasteiger partial charge < -0.3 is 5.32 Å². The van der Waals surface area contributed by atoms with E-state index in [1.807, 2.05) is 0 Å². The summed E-state index contributed by atoms with van der Waals surface area (Å²) >= 11 is 18.0. The second-order valence-electron chi connectivity index (χ2n) is 5.67. The minimum Gasteiger partial charge on any atom is -0.345 e. The Balaban J connectivity index is 2.13. The number of nitrogens with one attached hydrogen (secondary N) is 1. The third kappa shape index (κ3) is 3.60. The number of alkyl halides is 1. The van der Waals surface area contributed by atoms with E-state index < -0.39 is 0 Å². The van der Waals surface area contributed by atoms with E-state index in [0.29, 0.717) is 27.4 Å². The molecule has 1 N–H and O–H groups in total. The topological polar surface area (TPSA) is 29.1 Å². The van der Waals surface area contributed by atoms with Crippen molar-refractivity contribution in [1.82, 2.24) is 5.32 Å². The van der Waals surface area contributed by atoms with Crippen LogP contribution in [0.3, 0.4) is 0 Å². The lowest BCUT2D eigenvalue weighted by atomic mass is 9.78. The van der Waals surface area contributed by atoms with Crippen molar-refractivity contribution in [3.63, 3.8) is 0 Å². The van der Waals surface area contributed by atoms with Crippen LogP contribution >= 0.6 is 34.8 Å². The van der Waals surface area contributed by atoms with Gasteiger partial charge in [0.1, 0.15) is 0 Å². The first-order valence-corrected chi connectivity index (χ1v) is 8.08. The third-order valence-corrected chi connectivity index (χ3v) is 5.10. The van der Waals surface area contributed by atoms with Gasteiger partial charge in [-0.3, -0.25) is 4.79 Å². The fourth-order valence-corrected chi connectivity index (χ4v) is 3.42. The summed E-state index contributed by atoms with van der Waals surface area (Å²) in [5, 5.41) is 3.96. The second-order valence-corrected chi connectivity index (χ2v) is 6.79. The van der Waals surface area contributed by atoms with Gasteiger partial charge in [-0.2, -0.15) is 0 Å². The maximum absolute atomic E-state index is 12.4. The van der Waals surface area contributed by atoms with Crippen molar-refractivity contribution in [3.8, 4) is 0 Å². The molecule has 1 aromatic rings. The summed E-state index contributed by atoms with van der Waals surface area (Å²) in [4.78, 5) is 12.4. The maximum atomic E-state index is 12.4. The molecule has 1 saturated carbocycles. The molecular formula is C15H18Cl3NO. The van der Waals surface area contributed by atoms with Crippen LogP contribution < -0.4 is 5.32 Å². The summed E-state index contributed by atoms with van der Waals surface area (Å²) in [6.07, 6.45) is 3.99. The Labute approximate surface area is 134 Å². The highest BCUT2D eigenvalue weighted by Gasteiger charge is 2.35.